The number of rotatable bonds is 6. The average Bonchev–Trinajstić information content (AvgIpc) is 2.50. The van der Waals surface area contributed by atoms with Crippen LogP contribution in [0.25, 0.3) is 0 Å². The normalized spacial score (nSPS) is 28.9. The lowest BCUT2D eigenvalue weighted by Gasteiger charge is -2.30. The molecule has 5 nitrogen and oxygen atoms in total. The van der Waals surface area contributed by atoms with Gasteiger partial charge < -0.3 is 10.6 Å². The predicted molar refractivity (Wildman–Crippen MR) is 94.6 cm³/mol. The summed E-state index contributed by atoms with van der Waals surface area (Å²) >= 11 is 0. The molecule has 2 aliphatic rings. The van der Waals surface area contributed by atoms with E-state index in [4.69, 9.17) is 0 Å². The molecule has 0 amide bonds. The Hall–Kier alpha value is -1.17. The Bertz CT molecular complexity index is 398. The largest absolute Gasteiger partial charge is 0.389 e. The Kier molecular flexibility index (Phi) is 7.09. The van der Waals surface area contributed by atoms with Crippen LogP contribution < -0.4 is 10.6 Å². The maximum absolute atomic E-state index is 4.08. The van der Waals surface area contributed by atoms with E-state index in [9.17, 15) is 0 Å². The Balaban J connectivity index is 1.81. The molecule has 2 rings (SSSR count). The van der Waals surface area contributed by atoms with E-state index in [-0.39, 0.29) is 6.04 Å². The van der Waals surface area contributed by atoms with Crippen LogP contribution in [0.2, 0.25) is 0 Å². The van der Waals surface area contributed by atoms with Crippen molar-refractivity contribution in [2.75, 3.05) is 52.9 Å². The lowest BCUT2D eigenvalue weighted by Crippen LogP contribution is -2.44. The summed E-state index contributed by atoms with van der Waals surface area (Å²) in [7, 11) is 2.16. The molecule has 0 aromatic rings. The van der Waals surface area contributed by atoms with Crippen LogP contribution in [0.15, 0.2) is 28.9 Å². The topological polar surface area (TPSA) is 42.9 Å². The molecule has 0 bridgehead atoms. The maximum atomic E-state index is 4.08. The van der Waals surface area contributed by atoms with Crippen molar-refractivity contribution in [2.24, 2.45) is 4.99 Å². The van der Waals surface area contributed by atoms with E-state index in [2.05, 4.69) is 64.5 Å². The first-order chi connectivity index (χ1) is 10.7. The van der Waals surface area contributed by atoms with Crippen LogP contribution in [0.4, 0.5) is 0 Å². The van der Waals surface area contributed by atoms with Crippen LogP contribution in [0.1, 0.15) is 13.3 Å². The fraction of sp³-hybridized carbons (Fsp3) is 0.706. The molecule has 0 saturated carbocycles. The number of piperazine rings is 1. The predicted octanol–water partition coefficient (Wildman–Crippen LogP) is 0.715. The Morgan fingerprint density at radius 3 is 2.95 bits per heavy atom. The molecular weight excluding hydrogens is 274 g/mol. The van der Waals surface area contributed by atoms with E-state index < -0.39 is 0 Å². The third-order valence-electron chi connectivity index (χ3n) is 4.44. The van der Waals surface area contributed by atoms with Crippen molar-refractivity contribution < 1.29 is 0 Å². The highest BCUT2D eigenvalue weighted by molar-refractivity contribution is 5.24. The summed E-state index contributed by atoms with van der Waals surface area (Å²) in [5.41, 5.74) is 1.47. The smallest absolute Gasteiger partial charge is 0.0591 e. The number of likely N-dealkylation sites (N-methyl/N-ethyl adjacent to an activating group) is 1. The summed E-state index contributed by atoms with van der Waals surface area (Å²) in [5, 5.41) is 6.91. The van der Waals surface area contributed by atoms with Gasteiger partial charge in [0.2, 0.25) is 0 Å². The summed E-state index contributed by atoms with van der Waals surface area (Å²) < 4.78 is 0. The van der Waals surface area contributed by atoms with Crippen LogP contribution in [-0.2, 0) is 0 Å². The van der Waals surface area contributed by atoms with Crippen LogP contribution in [-0.4, -0.2) is 81.5 Å². The lowest BCUT2D eigenvalue weighted by molar-refractivity contribution is 0.255. The number of nitrogens with zero attached hydrogens (tertiary/aromatic N) is 3. The fourth-order valence-corrected chi connectivity index (χ4v) is 3.01. The van der Waals surface area contributed by atoms with Crippen molar-refractivity contribution in [1.82, 2.24) is 20.4 Å². The number of hydrogen-bond acceptors (Lipinski definition) is 5. The van der Waals surface area contributed by atoms with Gasteiger partial charge in [0.25, 0.3) is 0 Å². The third-order valence-corrected chi connectivity index (χ3v) is 4.44. The zero-order valence-corrected chi connectivity index (χ0v) is 14.1. The van der Waals surface area contributed by atoms with Crippen molar-refractivity contribution in [2.45, 2.75) is 25.4 Å². The van der Waals surface area contributed by atoms with Gasteiger partial charge in [-0.2, -0.15) is 0 Å². The van der Waals surface area contributed by atoms with E-state index >= 15 is 0 Å². The molecular formula is C17H31N5. The molecule has 2 heterocycles. The van der Waals surface area contributed by atoms with Gasteiger partial charge in [-0.3, -0.25) is 14.8 Å². The Labute approximate surface area is 135 Å². The second-order valence-electron chi connectivity index (χ2n) is 6.41. The van der Waals surface area contributed by atoms with Gasteiger partial charge in [-0.1, -0.05) is 12.2 Å². The number of nitrogens with one attached hydrogen (secondary N) is 2. The third kappa shape index (κ3) is 5.55. The van der Waals surface area contributed by atoms with Crippen molar-refractivity contribution in [3.8, 4) is 0 Å². The minimum absolute atomic E-state index is 0.280. The van der Waals surface area contributed by atoms with Crippen molar-refractivity contribution >= 4 is 6.72 Å². The molecule has 2 unspecified atom stereocenters. The van der Waals surface area contributed by atoms with E-state index in [1.807, 2.05) is 0 Å². The van der Waals surface area contributed by atoms with Gasteiger partial charge in [0, 0.05) is 51.9 Å². The summed E-state index contributed by atoms with van der Waals surface area (Å²) in [6.07, 6.45) is 7.91. The van der Waals surface area contributed by atoms with Gasteiger partial charge in [-0.15, -0.1) is 0 Å². The van der Waals surface area contributed by atoms with Crippen LogP contribution >= 0.6 is 0 Å². The quantitative estimate of drug-likeness (QED) is 0.560. The van der Waals surface area contributed by atoms with Gasteiger partial charge >= 0.3 is 0 Å². The molecule has 22 heavy (non-hydrogen) atoms. The molecule has 124 valence electrons. The second-order valence-corrected chi connectivity index (χ2v) is 6.41. The van der Waals surface area contributed by atoms with Gasteiger partial charge in [0.05, 0.1) is 6.04 Å². The number of allylic oxidation sites excluding steroid dienone is 1. The second kappa shape index (κ2) is 9.08. The van der Waals surface area contributed by atoms with Crippen molar-refractivity contribution in [3.63, 3.8) is 0 Å². The SMILES string of the molecule is C=NC(C)CN(C)C1/C=C\C/C(CN2CCNCC2)=C\NC1. The zero-order valence-electron chi connectivity index (χ0n) is 14.1. The number of aliphatic imine (C=N–C) groups is 1. The van der Waals surface area contributed by atoms with E-state index in [0.29, 0.717) is 6.04 Å². The van der Waals surface area contributed by atoms with Crippen LogP contribution in [0, 0.1) is 0 Å². The Morgan fingerprint density at radius 1 is 1.45 bits per heavy atom. The molecule has 1 saturated heterocycles. The summed E-state index contributed by atoms with van der Waals surface area (Å²) in [6.45, 7) is 13.2. The Morgan fingerprint density at radius 2 is 2.23 bits per heavy atom. The summed E-state index contributed by atoms with van der Waals surface area (Å²) in [4.78, 5) is 8.96. The van der Waals surface area contributed by atoms with E-state index in [0.717, 1.165) is 52.2 Å². The minimum Gasteiger partial charge on any atom is -0.389 e. The number of hydrogen-bond donors (Lipinski definition) is 2. The molecule has 1 fully saturated rings. The highest BCUT2D eigenvalue weighted by atomic mass is 15.2. The minimum atomic E-state index is 0.280. The fourth-order valence-electron chi connectivity index (χ4n) is 3.01. The van der Waals surface area contributed by atoms with Crippen LogP contribution in [0.5, 0.6) is 0 Å². The zero-order chi connectivity index (χ0) is 15.8. The van der Waals surface area contributed by atoms with Gasteiger partial charge in [-0.05, 0) is 38.9 Å². The molecule has 2 atom stereocenters. The van der Waals surface area contributed by atoms with Gasteiger partial charge in [-0.25, -0.2) is 0 Å². The lowest BCUT2D eigenvalue weighted by atomic mass is 10.1. The molecule has 0 aliphatic carbocycles. The molecule has 0 aromatic heterocycles. The average molecular weight is 305 g/mol. The standard InChI is InChI=1S/C17H31N5/c1-15(18-2)13-21(3)17-6-4-5-16(11-20-12-17)14-22-9-7-19-8-10-22/h4,6,11,15,17,19-20H,2,5,7-10,12-14H2,1,3H3/b6-4-,16-11+. The molecule has 2 N–H and O–H groups in total. The molecule has 5 heteroatoms. The van der Waals surface area contributed by atoms with Crippen LogP contribution in [0.3, 0.4) is 0 Å². The summed E-state index contributed by atoms with van der Waals surface area (Å²) in [5.74, 6) is 0. The first-order valence-electron chi connectivity index (χ1n) is 8.36. The van der Waals surface area contributed by atoms with Gasteiger partial charge in [0.1, 0.15) is 0 Å². The molecule has 0 aromatic carbocycles. The highest BCUT2D eigenvalue weighted by Gasteiger charge is 2.15. The monoisotopic (exact) mass is 305 g/mol. The molecule has 2 aliphatic heterocycles. The van der Waals surface area contributed by atoms with E-state index in [1.165, 1.54) is 5.57 Å². The van der Waals surface area contributed by atoms with Crippen molar-refractivity contribution in [3.05, 3.63) is 23.9 Å². The molecule has 0 spiro atoms. The van der Waals surface area contributed by atoms with E-state index in [1.54, 1.807) is 0 Å². The maximum Gasteiger partial charge on any atom is 0.0591 e. The first-order valence-corrected chi connectivity index (χ1v) is 8.36. The molecule has 0 radical (unpaired) electrons. The highest BCUT2D eigenvalue weighted by Crippen LogP contribution is 2.10. The first kappa shape index (κ1) is 17.2. The van der Waals surface area contributed by atoms with Gasteiger partial charge in [0.15, 0.2) is 0 Å². The van der Waals surface area contributed by atoms with Crippen molar-refractivity contribution in [1.29, 1.82) is 0 Å². The summed E-state index contributed by atoms with van der Waals surface area (Å²) in [6, 6.07) is 0.698.